The molecule has 4 nitrogen and oxygen atoms in total. The summed E-state index contributed by atoms with van der Waals surface area (Å²) in [6.07, 6.45) is 1.09. The fourth-order valence-electron chi connectivity index (χ4n) is 0.679. The Balaban J connectivity index is 3.40. The van der Waals surface area contributed by atoms with E-state index in [1.54, 1.807) is 0 Å². The summed E-state index contributed by atoms with van der Waals surface area (Å²) in [5.41, 5.74) is -0.202. The first-order valence-electron chi connectivity index (χ1n) is 3.49. The molecule has 0 aliphatic rings. The summed E-state index contributed by atoms with van der Waals surface area (Å²) in [6.45, 7) is 0.829. The highest BCUT2D eigenvalue weighted by Crippen LogP contribution is 1.92. The minimum absolute atomic E-state index is 0.202. The summed E-state index contributed by atoms with van der Waals surface area (Å²) in [5, 5.41) is 15.3. The summed E-state index contributed by atoms with van der Waals surface area (Å²) in [6, 6.07) is 0. The Bertz CT molecular complexity index is 155. The average Bonchev–Trinajstić information content (AvgIpc) is 1.86. The van der Waals surface area contributed by atoms with Gasteiger partial charge in [-0.25, -0.2) is 4.79 Å². The molecule has 0 heterocycles. The molecule has 0 saturated carbocycles. The van der Waals surface area contributed by atoms with E-state index in [1.165, 1.54) is 0 Å². The van der Waals surface area contributed by atoms with Crippen molar-refractivity contribution in [3.63, 3.8) is 0 Å². The first-order valence-corrected chi connectivity index (χ1v) is 3.49. The van der Waals surface area contributed by atoms with Crippen molar-refractivity contribution < 1.29 is 9.90 Å². The molecule has 11 heavy (non-hydrogen) atoms. The lowest BCUT2D eigenvalue weighted by atomic mass is 10.2. The van der Waals surface area contributed by atoms with E-state index in [0.717, 1.165) is 13.0 Å². The van der Waals surface area contributed by atoms with Crippen LogP contribution in [0.3, 0.4) is 0 Å². The molecule has 0 atom stereocenters. The fraction of sp³-hybridized carbons (Fsp3) is 0.714. The van der Waals surface area contributed by atoms with Gasteiger partial charge in [0.1, 0.15) is 5.71 Å². The standard InChI is InChI=1S/C7H14N2O2/c1-9(2)5-3-4-6(8)7(10)11/h8H,3-5H2,1-2H3,(H,10,11). The van der Waals surface area contributed by atoms with Crippen molar-refractivity contribution in [2.24, 2.45) is 0 Å². The number of rotatable bonds is 5. The van der Waals surface area contributed by atoms with Gasteiger partial charge in [0, 0.05) is 0 Å². The van der Waals surface area contributed by atoms with Crippen molar-refractivity contribution in [2.75, 3.05) is 20.6 Å². The lowest BCUT2D eigenvalue weighted by molar-refractivity contribution is -0.129. The summed E-state index contributed by atoms with van der Waals surface area (Å²) in [7, 11) is 3.84. The van der Waals surface area contributed by atoms with Gasteiger partial charge in [0.2, 0.25) is 0 Å². The molecule has 4 heteroatoms. The van der Waals surface area contributed by atoms with Crippen molar-refractivity contribution in [2.45, 2.75) is 12.8 Å². The number of nitrogens with zero attached hydrogens (tertiary/aromatic N) is 1. The number of carbonyl (C=O) groups is 1. The lowest BCUT2D eigenvalue weighted by Crippen LogP contribution is -2.17. The molecular formula is C7H14N2O2. The van der Waals surface area contributed by atoms with E-state index in [1.807, 2.05) is 19.0 Å². The van der Waals surface area contributed by atoms with Crippen LogP contribution in [0.4, 0.5) is 0 Å². The minimum atomic E-state index is -1.11. The number of carboxylic acids is 1. The van der Waals surface area contributed by atoms with Gasteiger partial charge in [0.05, 0.1) is 0 Å². The van der Waals surface area contributed by atoms with Gasteiger partial charge in [-0.15, -0.1) is 0 Å². The van der Waals surface area contributed by atoms with Crippen LogP contribution in [0.5, 0.6) is 0 Å². The van der Waals surface area contributed by atoms with E-state index in [2.05, 4.69) is 0 Å². The minimum Gasteiger partial charge on any atom is -0.477 e. The van der Waals surface area contributed by atoms with Gasteiger partial charge in [-0.05, 0) is 33.5 Å². The van der Waals surface area contributed by atoms with Crippen LogP contribution in [0.25, 0.3) is 0 Å². The molecule has 0 fully saturated rings. The quantitative estimate of drug-likeness (QED) is 0.570. The Hall–Kier alpha value is -0.900. The van der Waals surface area contributed by atoms with Gasteiger partial charge in [0.15, 0.2) is 0 Å². The van der Waals surface area contributed by atoms with E-state index in [-0.39, 0.29) is 5.71 Å². The zero-order chi connectivity index (χ0) is 8.85. The van der Waals surface area contributed by atoms with E-state index in [0.29, 0.717) is 6.42 Å². The maximum absolute atomic E-state index is 10.1. The summed E-state index contributed by atoms with van der Waals surface area (Å²) in [4.78, 5) is 12.1. The Morgan fingerprint density at radius 1 is 1.55 bits per heavy atom. The number of hydrogen-bond donors (Lipinski definition) is 2. The Kier molecular flexibility index (Phi) is 4.45. The van der Waals surface area contributed by atoms with Gasteiger partial charge in [0.25, 0.3) is 0 Å². The largest absolute Gasteiger partial charge is 0.477 e. The monoisotopic (exact) mass is 158 g/mol. The molecule has 0 aliphatic heterocycles. The highest BCUT2D eigenvalue weighted by molar-refractivity contribution is 6.34. The Morgan fingerprint density at radius 2 is 2.09 bits per heavy atom. The molecular weight excluding hydrogens is 144 g/mol. The third-order valence-electron chi connectivity index (χ3n) is 1.29. The van der Waals surface area contributed by atoms with E-state index < -0.39 is 5.97 Å². The van der Waals surface area contributed by atoms with Crippen molar-refractivity contribution in [1.29, 1.82) is 5.41 Å². The van der Waals surface area contributed by atoms with Gasteiger partial charge >= 0.3 is 5.97 Å². The summed E-state index contributed by atoms with van der Waals surface area (Å²) in [5.74, 6) is -1.11. The third kappa shape index (κ3) is 5.54. The van der Waals surface area contributed by atoms with E-state index in [4.69, 9.17) is 10.5 Å². The molecule has 0 bridgehead atoms. The van der Waals surface area contributed by atoms with Crippen LogP contribution in [0.15, 0.2) is 0 Å². The first kappa shape index (κ1) is 10.1. The van der Waals surface area contributed by atoms with Crippen LogP contribution in [-0.2, 0) is 4.79 Å². The predicted octanol–water partition coefficient (Wildman–Crippen LogP) is 0.433. The van der Waals surface area contributed by atoms with Crippen molar-refractivity contribution in [1.82, 2.24) is 4.90 Å². The molecule has 0 aliphatic carbocycles. The van der Waals surface area contributed by atoms with Crippen molar-refractivity contribution >= 4 is 11.7 Å². The van der Waals surface area contributed by atoms with Crippen molar-refractivity contribution in [3.05, 3.63) is 0 Å². The zero-order valence-electron chi connectivity index (χ0n) is 6.92. The van der Waals surface area contributed by atoms with E-state index in [9.17, 15) is 4.79 Å². The molecule has 0 saturated heterocycles. The fourth-order valence-corrected chi connectivity index (χ4v) is 0.679. The van der Waals surface area contributed by atoms with Crippen LogP contribution in [0, 0.1) is 5.41 Å². The second-order valence-corrected chi connectivity index (χ2v) is 2.69. The zero-order valence-corrected chi connectivity index (χ0v) is 6.92. The van der Waals surface area contributed by atoms with Gasteiger partial charge < -0.3 is 10.0 Å². The molecule has 0 rings (SSSR count). The molecule has 0 amide bonds. The maximum atomic E-state index is 10.1. The SMILES string of the molecule is CN(C)CCCC(=N)C(=O)O. The van der Waals surface area contributed by atoms with Gasteiger partial charge in [-0.3, -0.25) is 5.41 Å². The van der Waals surface area contributed by atoms with Crippen LogP contribution in [0.2, 0.25) is 0 Å². The Labute approximate surface area is 66.3 Å². The van der Waals surface area contributed by atoms with Crippen LogP contribution < -0.4 is 0 Å². The normalized spacial score (nSPS) is 10.1. The topological polar surface area (TPSA) is 64.4 Å². The average molecular weight is 158 g/mol. The molecule has 0 radical (unpaired) electrons. The Morgan fingerprint density at radius 3 is 2.45 bits per heavy atom. The molecule has 0 aromatic carbocycles. The number of carboxylic acid groups (broad SMARTS) is 1. The van der Waals surface area contributed by atoms with Gasteiger partial charge in [-0.1, -0.05) is 0 Å². The van der Waals surface area contributed by atoms with Crippen LogP contribution in [0.1, 0.15) is 12.8 Å². The van der Waals surface area contributed by atoms with Crippen molar-refractivity contribution in [3.8, 4) is 0 Å². The second kappa shape index (κ2) is 4.85. The molecule has 0 aromatic rings. The summed E-state index contributed by atoms with van der Waals surface area (Å²) >= 11 is 0. The number of aliphatic carboxylic acids is 1. The highest BCUT2D eigenvalue weighted by atomic mass is 16.4. The summed E-state index contributed by atoms with van der Waals surface area (Å²) < 4.78 is 0. The number of hydrogen-bond acceptors (Lipinski definition) is 3. The molecule has 0 unspecified atom stereocenters. The van der Waals surface area contributed by atoms with Crippen LogP contribution >= 0.6 is 0 Å². The predicted molar refractivity (Wildman–Crippen MR) is 43.2 cm³/mol. The van der Waals surface area contributed by atoms with Crippen LogP contribution in [-0.4, -0.2) is 42.3 Å². The molecule has 0 aromatic heterocycles. The smallest absolute Gasteiger partial charge is 0.349 e. The van der Waals surface area contributed by atoms with E-state index >= 15 is 0 Å². The third-order valence-corrected chi connectivity index (χ3v) is 1.29. The first-order chi connectivity index (χ1) is 5.04. The highest BCUT2D eigenvalue weighted by Gasteiger charge is 2.05. The molecule has 0 spiro atoms. The second-order valence-electron chi connectivity index (χ2n) is 2.69. The lowest BCUT2D eigenvalue weighted by Gasteiger charge is -2.07. The maximum Gasteiger partial charge on any atom is 0.349 e. The molecule has 2 N–H and O–H groups in total. The number of nitrogens with one attached hydrogen (secondary N) is 1. The van der Waals surface area contributed by atoms with Gasteiger partial charge in [-0.2, -0.15) is 0 Å². The molecule has 64 valence electrons.